The summed E-state index contributed by atoms with van der Waals surface area (Å²) in [6.07, 6.45) is 0. The Morgan fingerprint density at radius 1 is 1.42 bits per heavy atom. The summed E-state index contributed by atoms with van der Waals surface area (Å²) in [5.41, 5.74) is 2.42. The van der Waals surface area contributed by atoms with Crippen LogP contribution in [0, 0.1) is 10.9 Å². The van der Waals surface area contributed by atoms with E-state index in [0.29, 0.717) is 0 Å². The summed E-state index contributed by atoms with van der Waals surface area (Å²) in [6, 6.07) is 6.31. The van der Waals surface area contributed by atoms with Gasteiger partial charge in [0, 0.05) is 19.5 Å². The van der Waals surface area contributed by atoms with Gasteiger partial charge >= 0.3 is 0 Å². The van der Waals surface area contributed by atoms with Crippen LogP contribution in [0.5, 0.6) is 0 Å². The Bertz CT molecular complexity index is 443. The molecule has 1 nitrogen and oxygen atoms in total. The molecular weight excluding hydrogens is 240 g/mol. The number of benzene rings is 1. The number of aromatic amines is 1. The van der Waals surface area contributed by atoms with Crippen molar-refractivity contribution in [1.29, 1.82) is 0 Å². The van der Waals surface area contributed by atoms with Crippen LogP contribution < -0.4 is 0 Å². The zero-order valence-electron chi connectivity index (χ0n) is 6.76. The van der Waals surface area contributed by atoms with E-state index >= 15 is 0 Å². The van der Waals surface area contributed by atoms with Gasteiger partial charge in [-0.2, -0.15) is 0 Å². The smallest absolute Gasteiger partial charge is 0.159 e. The van der Waals surface area contributed by atoms with Crippen LogP contribution >= 0.6 is 23.6 Å². The van der Waals surface area contributed by atoms with Crippen LogP contribution in [-0.4, -0.2) is 4.98 Å². The van der Waals surface area contributed by atoms with Crippen LogP contribution in [-0.2, 0) is 19.5 Å². The Kier molecular flexibility index (Phi) is 3.16. The van der Waals surface area contributed by atoms with Crippen molar-refractivity contribution < 1.29 is 19.5 Å². The second-order valence-electron chi connectivity index (χ2n) is 2.51. The number of aryl methyl sites for hydroxylation is 1. The maximum Gasteiger partial charge on any atom is 0.159 e. The van der Waals surface area contributed by atoms with Crippen molar-refractivity contribution in [3.63, 3.8) is 0 Å². The van der Waals surface area contributed by atoms with Crippen LogP contribution in [0.3, 0.4) is 0 Å². The van der Waals surface area contributed by atoms with Crippen LogP contribution in [0.15, 0.2) is 18.2 Å². The average Bonchev–Trinajstić information content (AvgIpc) is 2.27. The molecule has 0 spiro atoms. The zero-order chi connectivity index (χ0) is 7.84. The molecule has 0 aliphatic rings. The van der Waals surface area contributed by atoms with Crippen molar-refractivity contribution >= 4 is 33.8 Å². The number of thiazole rings is 1. The molecule has 0 unspecified atom stereocenters. The topological polar surface area (TPSA) is 15.8 Å². The van der Waals surface area contributed by atoms with Gasteiger partial charge < -0.3 is 4.98 Å². The minimum absolute atomic E-state index is 0. The quantitative estimate of drug-likeness (QED) is 0.557. The minimum Gasteiger partial charge on any atom is -0.337 e. The second-order valence-corrected chi connectivity index (χ2v) is 4.23. The fourth-order valence-electron chi connectivity index (χ4n) is 1.07. The Hall–Kier alpha value is -0.0466. The first kappa shape index (κ1) is 10.0. The Labute approximate surface area is 92.6 Å². The Morgan fingerprint density at radius 3 is 2.92 bits per heavy atom. The molecule has 0 aliphatic heterocycles. The fraction of sp³-hybridized carbons (Fsp3) is 0.125. The maximum absolute atomic E-state index is 5.02. The molecule has 58 valence electrons. The third-order valence-electron chi connectivity index (χ3n) is 1.57. The molecular formula is C8H7NS2Zn. The van der Waals surface area contributed by atoms with E-state index in [1.807, 2.05) is 0 Å². The van der Waals surface area contributed by atoms with Crippen molar-refractivity contribution in [1.82, 2.24) is 4.98 Å². The first-order chi connectivity index (χ1) is 5.25. The van der Waals surface area contributed by atoms with E-state index in [1.54, 1.807) is 11.3 Å². The SMILES string of the molecule is Cc1ccc2sc(=S)[nH]c2c1.[Zn]. The monoisotopic (exact) mass is 245 g/mol. The molecule has 12 heavy (non-hydrogen) atoms. The van der Waals surface area contributed by atoms with E-state index in [-0.39, 0.29) is 19.5 Å². The normalized spacial score (nSPS) is 9.75. The molecule has 2 aromatic rings. The maximum atomic E-state index is 5.02. The molecule has 0 amide bonds. The molecule has 1 aromatic heterocycles. The largest absolute Gasteiger partial charge is 0.337 e. The number of fused-ring (bicyclic) bond motifs is 1. The molecule has 0 atom stereocenters. The summed E-state index contributed by atoms with van der Waals surface area (Å²) in [5, 5.41) is 0. The van der Waals surface area contributed by atoms with Crippen molar-refractivity contribution in [3.8, 4) is 0 Å². The predicted octanol–water partition coefficient (Wildman–Crippen LogP) is 3.26. The first-order valence-corrected chi connectivity index (χ1v) is 4.58. The molecule has 1 heterocycles. The molecule has 0 saturated heterocycles. The molecule has 0 fully saturated rings. The molecule has 1 N–H and O–H groups in total. The summed E-state index contributed by atoms with van der Waals surface area (Å²) in [5.74, 6) is 0. The summed E-state index contributed by atoms with van der Waals surface area (Å²) in [7, 11) is 0. The van der Waals surface area contributed by atoms with Gasteiger partial charge in [0.2, 0.25) is 0 Å². The molecule has 4 heteroatoms. The van der Waals surface area contributed by atoms with E-state index < -0.39 is 0 Å². The van der Waals surface area contributed by atoms with Crippen molar-refractivity contribution in [2.75, 3.05) is 0 Å². The standard InChI is InChI=1S/C8H7NS2.Zn/c1-5-2-3-7-6(4-5)9-8(10)11-7;/h2-4H,1H3,(H,9,10);. The summed E-state index contributed by atoms with van der Waals surface area (Å²) in [6.45, 7) is 2.08. The number of nitrogens with one attached hydrogen (secondary N) is 1. The van der Waals surface area contributed by atoms with Crippen molar-refractivity contribution in [3.05, 3.63) is 27.7 Å². The van der Waals surface area contributed by atoms with Gasteiger partial charge in [0.1, 0.15) is 0 Å². The van der Waals surface area contributed by atoms with Gasteiger partial charge in [0.15, 0.2) is 3.95 Å². The van der Waals surface area contributed by atoms with Gasteiger partial charge in [-0.25, -0.2) is 0 Å². The van der Waals surface area contributed by atoms with E-state index in [2.05, 4.69) is 30.1 Å². The molecule has 1 aromatic carbocycles. The number of H-pyrrole nitrogens is 1. The molecule has 2 rings (SSSR count). The third-order valence-corrected chi connectivity index (χ3v) is 2.79. The third kappa shape index (κ3) is 1.82. The zero-order valence-corrected chi connectivity index (χ0v) is 11.4. The summed E-state index contributed by atoms with van der Waals surface area (Å²) >= 11 is 6.64. The van der Waals surface area contributed by atoms with Crippen molar-refractivity contribution in [2.24, 2.45) is 0 Å². The molecule has 0 bridgehead atoms. The van der Waals surface area contributed by atoms with E-state index in [1.165, 1.54) is 10.3 Å². The van der Waals surface area contributed by atoms with Gasteiger partial charge in [-0.1, -0.05) is 6.07 Å². The van der Waals surface area contributed by atoms with Crippen LogP contribution in [0.25, 0.3) is 10.2 Å². The van der Waals surface area contributed by atoms with Crippen LogP contribution in [0.1, 0.15) is 5.56 Å². The number of rotatable bonds is 0. The van der Waals surface area contributed by atoms with Crippen LogP contribution in [0.2, 0.25) is 0 Å². The fourth-order valence-corrected chi connectivity index (χ4v) is 2.16. The molecule has 0 saturated carbocycles. The number of hydrogen-bond donors (Lipinski definition) is 1. The van der Waals surface area contributed by atoms with Crippen LogP contribution in [0.4, 0.5) is 0 Å². The van der Waals surface area contributed by atoms with Gasteiger partial charge in [0.25, 0.3) is 0 Å². The van der Waals surface area contributed by atoms with Gasteiger partial charge in [-0.05, 0) is 36.8 Å². The van der Waals surface area contributed by atoms with E-state index in [0.717, 1.165) is 9.47 Å². The average molecular weight is 247 g/mol. The molecule has 0 radical (unpaired) electrons. The summed E-state index contributed by atoms with van der Waals surface area (Å²) < 4.78 is 2.09. The van der Waals surface area contributed by atoms with Gasteiger partial charge in [-0.3, -0.25) is 0 Å². The predicted molar refractivity (Wildman–Crippen MR) is 51.7 cm³/mol. The van der Waals surface area contributed by atoms with Gasteiger partial charge in [-0.15, -0.1) is 11.3 Å². The number of hydrogen-bond acceptors (Lipinski definition) is 2. The van der Waals surface area contributed by atoms with E-state index in [9.17, 15) is 0 Å². The first-order valence-electron chi connectivity index (χ1n) is 3.35. The van der Waals surface area contributed by atoms with Gasteiger partial charge in [0.05, 0.1) is 10.2 Å². The number of aromatic nitrogens is 1. The Balaban J connectivity index is 0.000000720. The van der Waals surface area contributed by atoms with E-state index in [4.69, 9.17) is 12.2 Å². The minimum atomic E-state index is 0. The van der Waals surface area contributed by atoms with Crippen molar-refractivity contribution in [2.45, 2.75) is 6.92 Å². The molecule has 0 aliphatic carbocycles. The Morgan fingerprint density at radius 2 is 2.17 bits per heavy atom. The second kappa shape index (κ2) is 3.78. The summed E-state index contributed by atoms with van der Waals surface area (Å²) in [4.78, 5) is 3.13.